The molecule has 2 heterocycles. The molecule has 0 bridgehead atoms. The largest absolute Gasteiger partial charge is 0.459 e. The lowest BCUT2D eigenvalue weighted by molar-refractivity contribution is -0.164. The number of nitriles is 1. The van der Waals surface area contributed by atoms with Crippen LogP contribution in [0, 0.1) is 17.1 Å². The summed E-state index contributed by atoms with van der Waals surface area (Å²) in [5.41, 5.74) is 1.79. The Morgan fingerprint density at radius 2 is 1.86 bits per heavy atom. The van der Waals surface area contributed by atoms with E-state index in [2.05, 4.69) is 15.5 Å². The van der Waals surface area contributed by atoms with Gasteiger partial charge in [0.2, 0.25) is 5.91 Å². The fraction of sp³-hybridized carbons (Fsp3) is 0.360. The summed E-state index contributed by atoms with van der Waals surface area (Å²) in [6, 6.07) is 13.8. The van der Waals surface area contributed by atoms with E-state index in [1.807, 2.05) is 30.3 Å². The predicted molar refractivity (Wildman–Crippen MR) is 123 cm³/mol. The maximum absolute atomic E-state index is 13.6. The summed E-state index contributed by atoms with van der Waals surface area (Å²) < 4.78 is 20.9. The van der Waals surface area contributed by atoms with Crippen LogP contribution in [0.1, 0.15) is 42.9 Å². The Kier molecular flexibility index (Phi) is 7.15. The lowest BCUT2D eigenvalue weighted by Gasteiger charge is -2.41. The van der Waals surface area contributed by atoms with Gasteiger partial charge in [0, 0.05) is 32.9 Å². The number of aromatic nitrogens is 4. The number of rotatable bonds is 7. The lowest BCUT2D eigenvalue weighted by Crippen LogP contribution is -2.49. The van der Waals surface area contributed by atoms with E-state index in [-0.39, 0.29) is 23.9 Å². The minimum atomic E-state index is -0.697. The molecule has 0 aliphatic carbocycles. The van der Waals surface area contributed by atoms with Gasteiger partial charge in [0.1, 0.15) is 23.8 Å². The average molecular weight is 477 g/mol. The molecule has 35 heavy (non-hydrogen) atoms. The molecule has 4 rings (SSSR count). The van der Waals surface area contributed by atoms with Crippen LogP contribution in [0.3, 0.4) is 0 Å². The fourth-order valence-corrected chi connectivity index (χ4v) is 4.39. The van der Waals surface area contributed by atoms with Crippen LogP contribution < -0.4 is 0 Å². The molecule has 180 valence electrons. The van der Waals surface area contributed by atoms with Crippen molar-refractivity contribution in [2.75, 3.05) is 13.1 Å². The summed E-state index contributed by atoms with van der Waals surface area (Å²) in [5, 5.41) is 20.1. The number of amides is 1. The molecular weight excluding hydrogens is 451 g/mol. The van der Waals surface area contributed by atoms with E-state index in [4.69, 9.17) is 10.00 Å². The molecule has 2 aromatic carbocycles. The Hall–Kier alpha value is -4.13. The number of aryl methyl sites for hydroxylation is 1. The van der Waals surface area contributed by atoms with E-state index < -0.39 is 11.4 Å². The number of ether oxygens (including phenoxy) is 1. The number of piperidine rings is 1. The van der Waals surface area contributed by atoms with Gasteiger partial charge in [-0.3, -0.25) is 9.59 Å². The molecule has 0 radical (unpaired) electrons. The van der Waals surface area contributed by atoms with Crippen molar-refractivity contribution in [1.29, 1.82) is 5.26 Å². The number of tetrazole rings is 1. The summed E-state index contributed by atoms with van der Waals surface area (Å²) in [7, 11) is 0. The molecular formula is C25H25FN6O3. The van der Waals surface area contributed by atoms with E-state index in [1.165, 1.54) is 30.1 Å². The van der Waals surface area contributed by atoms with Crippen molar-refractivity contribution in [2.24, 2.45) is 0 Å². The number of likely N-dealkylation sites (tertiary alicyclic amines) is 1. The van der Waals surface area contributed by atoms with Gasteiger partial charge in [-0.2, -0.15) is 5.26 Å². The average Bonchev–Trinajstić information content (AvgIpc) is 3.39. The minimum absolute atomic E-state index is 0.00422. The number of halogens is 1. The molecule has 1 saturated heterocycles. The van der Waals surface area contributed by atoms with Crippen molar-refractivity contribution in [3.05, 3.63) is 71.3 Å². The van der Waals surface area contributed by atoms with Gasteiger partial charge in [-0.25, -0.2) is 9.07 Å². The van der Waals surface area contributed by atoms with Crippen LogP contribution in [0.2, 0.25) is 0 Å². The van der Waals surface area contributed by atoms with Crippen LogP contribution in [-0.4, -0.2) is 55.7 Å². The SMILES string of the molecule is CC(=O)OC1(CCc2ccc(F)c(C#N)c2)CCN(C(=O)Cc2ccc(-n3cnnn3)cc2)CC1. The summed E-state index contributed by atoms with van der Waals surface area (Å²) in [6.07, 6.45) is 3.87. The Morgan fingerprint density at radius 1 is 1.14 bits per heavy atom. The zero-order chi connectivity index (χ0) is 24.8. The molecule has 0 unspecified atom stereocenters. The van der Waals surface area contributed by atoms with Gasteiger partial charge >= 0.3 is 5.97 Å². The number of carbonyl (C=O) groups excluding carboxylic acids is 2. The molecule has 0 saturated carbocycles. The number of hydrogen-bond acceptors (Lipinski definition) is 7. The molecule has 1 aliphatic rings. The van der Waals surface area contributed by atoms with E-state index in [0.717, 1.165) is 16.8 Å². The Labute approximate surface area is 202 Å². The Morgan fingerprint density at radius 3 is 2.49 bits per heavy atom. The Bertz CT molecular complexity index is 1230. The number of benzene rings is 2. The maximum Gasteiger partial charge on any atom is 0.303 e. The monoisotopic (exact) mass is 476 g/mol. The van der Waals surface area contributed by atoms with Gasteiger partial charge in [-0.15, -0.1) is 5.10 Å². The molecule has 1 amide bonds. The van der Waals surface area contributed by atoms with Gasteiger partial charge < -0.3 is 9.64 Å². The van der Waals surface area contributed by atoms with Crippen molar-refractivity contribution in [1.82, 2.24) is 25.1 Å². The number of carbonyl (C=O) groups is 2. The second kappa shape index (κ2) is 10.4. The summed E-state index contributed by atoms with van der Waals surface area (Å²) in [6.45, 7) is 2.33. The first-order valence-corrected chi connectivity index (χ1v) is 11.4. The zero-order valence-electron chi connectivity index (χ0n) is 19.4. The second-order valence-corrected chi connectivity index (χ2v) is 8.68. The van der Waals surface area contributed by atoms with Crippen molar-refractivity contribution in [2.45, 2.75) is 44.6 Å². The molecule has 9 nitrogen and oxygen atoms in total. The smallest absolute Gasteiger partial charge is 0.303 e. The third kappa shape index (κ3) is 5.87. The summed E-state index contributed by atoms with van der Waals surface area (Å²) in [4.78, 5) is 26.5. The summed E-state index contributed by atoms with van der Waals surface area (Å²) in [5.74, 6) is -0.916. The zero-order valence-corrected chi connectivity index (χ0v) is 19.4. The first-order valence-electron chi connectivity index (χ1n) is 11.4. The third-order valence-corrected chi connectivity index (χ3v) is 6.31. The molecule has 1 aliphatic heterocycles. The van der Waals surface area contributed by atoms with Gasteiger partial charge in [0.25, 0.3) is 0 Å². The highest BCUT2D eigenvalue weighted by Gasteiger charge is 2.38. The number of hydrogen-bond donors (Lipinski definition) is 0. The molecule has 1 fully saturated rings. The van der Waals surface area contributed by atoms with E-state index in [1.54, 1.807) is 11.0 Å². The van der Waals surface area contributed by atoms with Crippen molar-refractivity contribution in [3.8, 4) is 11.8 Å². The van der Waals surface area contributed by atoms with Gasteiger partial charge in [-0.05, 0) is 58.7 Å². The Balaban J connectivity index is 1.36. The molecule has 1 aromatic heterocycles. The van der Waals surface area contributed by atoms with E-state index in [9.17, 15) is 14.0 Å². The second-order valence-electron chi connectivity index (χ2n) is 8.68. The number of esters is 1. The van der Waals surface area contributed by atoms with E-state index in [0.29, 0.717) is 38.8 Å². The van der Waals surface area contributed by atoms with Crippen LogP contribution >= 0.6 is 0 Å². The van der Waals surface area contributed by atoms with Crippen LogP contribution in [0.15, 0.2) is 48.8 Å². The van der Waals surface area contributed by atoms with Crippen molar-refractivity contribution >= 4 is 11.9 Å². The van der Waals surface area contributed by atoms with Crippen molar-refractivity contribution in [3.63, 3.8) is 0 Å². The van der Waals surface area contributed by atoms with Crippen LogP contribution in [0.4, 0.5) is 4.39 Å². The lowest BCUT2D eigenvalue weighted by atomic mass is 9.85. The molecule has 0 N–H and O–H groups in total. The quantitative estimate of drug-likeness (QED) is 0.482. The van der Waals surface area contributed by atoms with Crippen LogP contribution in [-0.2, 0) is 27.2 Å². The molecule has 10 heteroatoms. The first kappa shape index (κ1) is 24.0. The van der Waals surface area contributed by atoms with Crippen molar-refractivity contribution < 1.29 is 18.7 Å². The van der Waals surface area contributed by atoms with Crippen LogP contribution in [0.5, 0.6) is 0 Å². The normalized spacial score (nSPS) is 14.8. The van der Waals surface area contributed by atoms with Gasteiger partial charge in [0.15, 0.2) is 0 Å². The third-order valence-electron chi connectivity index (χ3n) is 6.31. The maximum atomic E-state index is 13.6. The van der Waals surface area contributed by atoms with Gasteiger partial charge in [0.05, 0.1) is 17.7 Å². The topological polar surface area (TPSA) is 114 Å². The van der Waals surface area contributed by atoms with E-state index >= 15 is 0 Å². The number of nitrogens with zero attached hydrogens (tertiary/aromatic N) is 6. The highest BCUT2D eigenvalue weighted by Crippen LogP contribution is 2.32. The molecule has 0 spiro atoms. The molecule has 0 atom stereocenters. The standard InChI is InChI=1S/C25H25FN6O3/c1-18(33)35-25(9-8-20-4-7-23(26)21(14-20)16-27)10-12-31(13-11-25)24(34)15-19-2-5-22(6-3-19)32-17-28-29-30-32/h2-7,14,17H,8-13,15H2,1H3. The fourth-order valence-electron chi connectivity index (χ4n) is 4.39. The minimum Gasteiger partial charge on any atom is -0.459 e. The highest BCUT2D eigenvalue weighted by molar-refractivity contribution is 5.79. The summed E-state index contributed by atoms with van der Waals surface area (Å²) >= 11 is 0. The van der Waals surface area contributed by atoms with Crippen LogP contribution in [0.25, 0.3) is 5.69 Å². The highest BCUT2D eigenvalue weighted by atomic mass is 19.1. The van der Waals surface area contributed by atoms with Gasteiger partial charge in [-0.1, -0.05) is 18.2 Å². The predicted octanol–water partition coefficient (Wildman–Crippen LogP) is 2.77. The molecule has 3 aromatic rings. The first-order chi connectivity index (χ1) is 16.9.